The molecule has 1 aliphatic carbocycles. The predicted octanol–water partition coefficient (Wildman–Crippen LogP) is 4.01. The highest BCUT2D eigenvalue weighted by molar-refractivity contribution is 7.09. The van der Waals surface area contributed by atoms with E-state index in [2.05, 4.69) is 15.6 Å². The lowest BCUT2D eigenvalue weighted by molar-refractivity contribution is -0.125. The van der Waals surface area contributed by atoms with Crippen LogP contribution in [0.4, 0.5) is 5.69 Å². The summed E-state index contributed by atoms with van der Waals surface area (Å²) in [6, 6.07) is 7.66. The molecule has 1 saturated carbocycles. The number of amides is 2. The van der Waals surface area contributed by atoms with E-state index in [9.17, 15) is 9.59 Å². The smallest absolute Gasteiger partial charge is 0.223 e. The maximum absolute atomic E-state index is 12.2. The lowest BCUT2D eigenvalue weighted by atomic mass is 9.89. The zero-order chi connectivity index (χ0) is 18.4. The number of rotatable bonds is 6. The Hall–Kier alpha value is -2.21. The molecule has 1 aromatic carbocycles. The zero-order valence-electron chi connectivity index (χ0n) is 15.1. The van der Waals surface area contributed by atoms with Crippen LogP contribution in [0.2, 0.25) is 0 Å². The second kappa shape index (κ2) is 8.94. The van der Waals surface area contributed by atoms with E-state index < -0.39 is 0 Å². The molecule has 1 aliphatic rings. The van der Waals surface area contributed by atoms with Gasteiger partial charge in [0.25, 0.3) is 0 Å². The molecule has 1 aromatic heterocycles. The van der Waals surface area contributed by atoms with Crippen molar-refractivity contribution in [2.75, 3.05) is 11.9 Å². The standard InChI is InChI=1S/C20H25N3O2S/c1-14(24)22-17-9-7-15(8-10-17)18-13-26-19(23-18)11-12-21-20(25)16-5-3-2-4-6-16/h7-10,13,16H,2-6,11-12H2,1H3,(H,21,25)(H,22,24). The van der Waals surface area contributed by atoms with Crippen molar-refractivity contribution in [3.63, 3.8) is 0 Å². The van der Waals surface area contributed by atoms with E-state index in [-0.39, 0.29) is 17.7 Å². The first-order valence-electron chi connectivity index (χ1n) is 9.22. The van der Waals surface area contributed by atoms with Crippen molar-refractivity contribution in [2.24, 2.45) is 5.92 Å². The maximum Gasteiger partial charge on any atom is 0.223 e. The minimum atomic E-state index is -0.0797. The Morgan fingerprint density at radius 2 is 1.88 bits per heavy atom. The molecule has 138 valence electrons. The lowest BCUT2D eigenvalue weighted by Gasteiger charge is -2.20. The summed E-state index contributed by atoms with van der Waals surface area (Å²) in [5.41, 5.74) is 2.73. The molecule has 1 heterocycles. The van der Waals surface area contributed by atoms with Crippen LogP contribution in [0.1, 0.15) is 44.0 Å². The fraction of sp³-hybridized carbons (Fsp3) is 0.450. The number of nitrogens with one attached hydrogen (secondary N) is 2. The maximum atomic E-state index is 12.2. The Morgan fingerprint density at radius 1 is 1.15 bits per heavy atom. The van der Waals surface area contributed by atoms with Gasteiger partial charge in [0.1, 0.15) is 0 Å². The highest BCUT2D eigenvalue weighted by Gasteiger charge is 2.20. The summed E-state index contributed by atoms with van der Waals surface area (Å²) in [6.07, 6.45) is 6.43. The number of carbonyl (C=O) groups excluding carboxylic acids is 2. The van der Waals surface area contributed by atoms with Crippen molar-refractivity contribution in [1.82, 2.24) is 10.3 Å². The van der Waals surface area contributed by atoms with E-state index in [0.717, 1.165) is 41.2 Å². The number of hydrogen-bond acceptors (Lipinski definition) is 4. The summed E-state index contributed by atoms with van der Waals surface area (Å²) in [5.74, 6) is 0.330. The first-order chi connectivity index (χ1) is 12.6. The average molecular weight is 372 g/mol. The van der Waals surface area contributed by atoms with Crippen LogP contribution in [0, 0.1) is 5.92 Å². The molecule has 2 amide bonds. The monoisotopic (exact) mass is 371 g/mol. The summed E-state index contributed by atoms with van der Waals surface area (Å²) in [7, 11) is 0. The minimum Gasteiger partial charge on any atom is -0.355 e. The van der Waals surface area contributed by atoms with Crippen LogP contribution >= 0.6 is 11.3 Å². The Kier molecular flexibility index (Phi) is 6.39. The number of hydrogen-bond donors (Lipinski definition) is 2. The highest BCUT2D eigenvalue weighted by atomic mass is 32.1. The van der Waals surface area contributed by atoms with E-state index in [0.29, 0.717) is 6.54 Å². The largest absolute Gasteiger partial charge is 0.355 e. The van der Waals surface area contributed by atoms with Gasteiger partial charge in [0.2, 0.25) is 11.8 Å². The van der Waals surface area contributed by atoms with Gasteiger partial charge in [-0.05, 0) is 25.0 Å². The third-order valence-corrected chi connectivity index (χ3v) is 5.58. The molecule has 2 aromatic rings. The van der Waals surface area contributed by atoms with E-state index in [1.165, 1.54) is 26.2 Å². The molecule has 0 saturated heterocycles. The van der Waals surface area contributed by atoms with Crippen molar-refractivity contribution < 1.29 is 9.59 Å². The molecule has 6 heteroatoms. The van der Waals surface area contributed by atoms with E-state index >= 15 is 0 Å². The van der Waals surface area contributed by atoms with Gasteiger partial charge in [-0.15, -0.1) is 11.3 Å². The molecule has 0 bridgehead atoms. The molecular weight excluding hydrogens is 346 g/mol. The van der Waals surface area contributed by atoms with Crippen LogP contribution in [0.3, 0.4) is 0 Å². The van der Waals surface area contributed by atoms with E-state index in [1.54, 1.807) is 11.3 Å². The van der Waals surface area contributed by atoms with Gasteiger partial charge in [0, 0.05) is 42.4 Å². The summed E-state index contributed by atoms with van der Waals surface area (Å²) in [4.78, 5) is 27.9. The van der Waals surface area contributed by atoms with Gasteiger partial charge >= 0.3 is 0 Å². The molecule has 26 heavy (non-hydrogen) atoms. The van der Waals surface area contributed by atoms with Gasteiger partial charge in [-0.3, -0.25) is 9.59 Å². The fourth-order valence-corrected chi connectivity index (χ4v) is 4.10. The van der Waals surface area contributed by atoms with Crippen LogP contribution in [-0.2, 0) is 16.0 Å². The lowest BCUT2D eigenvalue weighted by Crippen LogP contribution is -2.33. The van der Waals surface area contributed by atoms with Gasteiger partial charge in [-0.1, -0.05) is 31.4 Å². The average Bonchev–Trinajstić information content (AvgIpc) is 3.11. The topological polar surface area (TPSA) is 71.1 Å². The Labute approximate surface area is 158 Å². The first kappa shape index (κ1) is 18.6. The number of benzene rings is 1. The molecule has 0 unspecified atom stereocenters. The molecule has 0 spiro atoms. The van der Waals surface area contributed by atoms with Crippen LogP contribution in [0.25, 0.3) is 11.3 Å². The fourth-order valence-electron chi connectivity index (χ4n) is 3.29. The zero-order valence-corrected chi connectivity index (χ0v) is 15.9. The van der Waals surface area contributed by atoms with Gasteiger partial charge in [-0.25, -0.2) is 4.98 Å². The number of anilines is 1. The van der Waals surface area contributed by atoms with Crippen LogP contribution < -0.4 is 10.6 Å². The van der Waals surface area contributed by atoms with E-state index in [4.69, 9.17) is 0 Å². The highest BCUT2D eigenvalue weighted by Crippen LogP contribution is 2.25. The summed E-state index contributed by atoms with van der Waals surface area (Å²) in [5, 5.41) is 8.88. The molecule has 2 N–H and O–H groups in total. The number of aromatic nitrogens is 1. The van der Waals surface area contributed by atoms with Gasteiger partial charge in [0.15, 0.2) is 0 Å². The first-order valence-corrected chi connectivity index (χ1v) is 10.1. The van der Waals surface area contributed by atoms with Crippen molar-refractivity contribution in [1.29, 1.82) is 0 Å². The number of thiazole rings is 1. The number of nitrogens with zero attached hydrogens (tertiary/aromatic N) is 1. The molecule has 0 atom stereocenters. The third kappa shape index (κ3) is 5.14. The van der Waals surface area contributed by atoms with Crippen LogP contribution in [-0.4, -0.2) is 23.3 Å². The minimum absolute atomic E-state index is 0.0797. The Bertz CT molecular complexity index is 749. The van der Waals surface area contributed by atoms with Gasteiger partial charge < -0.3 is 10.6 Å². The molecular formula is C20H25N3O2S. The van der Waals surface area contributed by atoms with Crippen LogP contribution in [0.5, 0.6) is 0 Å². The second-order valence-electron chi connectivity index (χ2n) is 6.76. The summed E-state index contributed by atoms with van der Waals surface area (Å²) >= 11 is 1.61. The summed E-state index contributed by atoms with van der Waals surface area (Å²) in [6.45, 7) is 2.14. The van der Waals surface area contributed by atoms with Crippen molar-refractivity contribution >= 4 is 28.8 Å². The van der Waals surface area contributed by atoms with Crippen molar-refractivity contribution in [2.45, 2.75) is 45.4 Å². The van der Waals surface area contributed by atoms with E-state index in [1.807, 2.05) is 29.6 Å². The molecule has 1 fully saturated rings. The summed E-state index contributed by atoms with van der Waals surface area (Å²) < 4.78 is 0. The normalized spacial score (nSPS) is 14.8. The Morgan fingerprint density at radius 3 is 2.58 bits per heavy atom. The van der Waals surface area contributed by atoms with Gasteiger partial charge in [-0.2, -0.15) is 0 Å². The SMILES string of the molecule is CC(=O)Nc1ccc(-c2csc(CCNC(=O)C3CCCCC3)n2)cc1. The van der Waals surface area contributed by atoms with Gasteiger partial charge in [0.05, 0.1) is 10.7 Å². The molecule has 5 nitrogen and oxygen atoms in total. The van der Waals surface area contributed by atoms with Crippen molar-refractivity contribution in [3.05, 3.63) is 34.7 Å². The molecule has 0 aliphatic heterocycles. The third-order valence-electron chi connectivity index (χ3n) is 4.67. The molecule has 3 rings (SSSR count). The number of carbonyl (C=O) groups is 2. The molecule has 0 radical (unpaired) electrons. The predicted molar refractivity (Wildman–Crippen MR) is 105 cm³/mol. The van der Waals surface area contributed by atoms with Crippen LogP contribution in [0.15, 0.2) is 29.6 Å². The quantitative estimate of drug-likeness (QED) is 0.806. The van der Waals surface area contributed by atoms with Crippen molar-refractivity contribution in [3.8, 4) is 11.3 Å². The second-order valence-corrected chi connectivity index (χ2v) is 7.70. The Balaban J connectivity index is 1.49.